The van der Waals surface area contributed by atoms with Gasteiger partial charge in [0.05, 0.1) is 29.9 Å². The minimum absolute atomic E-state index is 0.132. The lowest BCUT2D eigenvalue weighted by atomic mass is 10.2. The lowest BCUT2D eigenvalue weighted by molar-refractivity contribution is 0.0728. The molecule has 4 rings (SSSR count). The number of hydrogen-bond donors (Lipinski definition) is 2. The topological polar surface area (TPSA) is 132 Å². The fourth-order valence-electron chi connectivity index (χ4n) is 3.70. The molecular weight excluding hydrogens is 558 g/mol. The third-order valence-electron chi connectivity index (χ3n) is 5.70. The molecular formula is C31H29N3O7S. The zero-order valence-electron chi connectivity index (χ0n) is 22.9. The molecule has 4 aromatic rings. The van der Waals surface area contributed by atoms with Gasteiger partial charge in [0.2, 0.25) is 0 Å². The Hall–Kier alpha value is -5.16. The standard InChI is InChI=1S/C31H29N3O7S/c1-3-39-26-17-13-24(14-18-26)31(36)41-28-19-10-22(20-29(28)40-4-2)21-32-33-30(35)23-11-15-25(16-12-23)34-42(37,38)27-8-6-5-7-9-27/h5-21,34H,3-4H2,1-2H3,(H,33,35). The van der Waals surface area contributed by atoms with E-state index >= 15 is 0 Å². The Morgan fingerprint density at radius 2 is 1.45 bits per heavy atom. The number of nitrogens with zero attached hydrogens (tertiary/aromatic N) is 1. The number of benzene rings is 4. The van der Waals surface area contributed by atoms with Crippen molar-refractivity contribution in [2.24, 2.45) is 5.10 Å². The predicted octanol–water partition coefficient (Wildman–Crippen LogP) is 5.27. The number of nitrogens with one attached hydrogen (secondary N) is 2. The van der Waals surface area contributed by atoms with Crippen molar-refractivity contribution < 1.29 is 32.2 Å². The molecule has 2 N–H and O–H groups in total. The van der Waals surface area contributed by atoms with Crippen LogP contribution in [-0.4, -0.2) is 39.7 Å². The minimum atomic E-state index is -3.74. The molecule has 216 valence electrons. The van der Waals surface area contributed by atoms with Crippen LogP contribution in [-0.2, 0) is 10.0 Å². The van der Waals surface area contributed by atoms with E-state index in [0.29, 0.717) is 41.5 Å². The van der Waals surface area contributed by atoms with Gasteiger partial charge < -0.3 is 14.2 Å². The van der Waals surface area contributed by atoms with Gasteiger partial charge in [-0.1, -0.05) is 18.2 Å². The molecule has 0 aromatic heterocycles. The lowest BCUT2D eigenvalue weighted by Gasteiger charge is -2.11. The Balaban J connectivity index is 1.36. The van der Waals surface area contributed by atoms with Gasteiger partial charge in [0.25, 0.3) is 15.9 Å². The molecule has 0 aliphatic heterocycles. The van der Waals surface area contributed by atoms with E-state index in [1.807, 2.05) is 6.92 Å². The predicted molar refractivity (Wildman–Crippen MR) is 159 cm³/mol. The number of ether oxygens (including phenoxy) is 3. The molecule has 11 heteroatoms. The van der Waals surface area contributed by atoms with Crippen molar-refractivity contribution >= 4 is 33.8 Å². The van der Waals surface area contributed by atoms with E-state index in [1.54, 1.807) is 67.6 Å². The maximum absolute atomic E-state index is 12.6. The zero-order chi connectivity index (χ0) is 30.0. The molecule has 42 heavy (non-hydrogen) atoms. The number of carbonyl (C=O) groups is 2. The summed E-state index contributed by atoms with van der Waals surface area (Å²) >= 11 is 0. The van der Waals surface area contributed by atoms with Crippen LogP contribution in [0.5, 0.6) is 17.2 Å². The van der Waals surface area contributed by atoms with Crippen LogP contribution in [0.15, 0.2) is 107 Å². The zero-order valence-corrected chi connectivity index (χ0v) is 23.8. The van der Waals surface area contributed by atoms with Gasteiger partial charge in [-0.3, -0.25) is 9.52 Å². The monoisotopic (exact) mass is 587 g/mol. The number of esters is 1. The van der Waals surface area contributed by atoms with Crippen LogP contribution in [0, 0.1) is 0 Å². The molecule has 0 fully saturated rings. The molecule has 0 heterocycles. The highest BCUT2D eigenvalue weighted by Gasteiger charge is 2.15. The summed E-state index contributed by atoms with van der Waals surface area (Å²) in [6, 6.07) is 25.4. The smallest absolute Gasteiger partial charge is 0.343 e. The Morgan fingerprint density at radius 1 is 0.786 bits per heavy atom. The van der Waals surface area contributed by atoms with Crippen molar-refractivity contribution in [3.8, 4) is 17.2 Å². The molecule has 1 amide bonds. The largest absolute Gasteiger partial charge is 0.494 e. The Morgan fingerprint density at radius 3 is 2.12 bits per heavy atom. The number of hydrogen-bond acceptors (Lipinski definition) is 8. The van der Waals surface area contributed by atoms with E-state index in [4.69, 9.17) is 14.2 Å². The summed E-state index contributed by atoms with van der Waals surface area (Å²) in [5.74, 6) is 0.185. The summed E-state index contributed by atoms with van der Waals surface area (Å²) in [5.41, 5.74) is 3.97. The van der Waals surface area contributed by atoms with E-state index in [0.717, 1.165) is 0 Å². The molecule has 0 spiro atoms. The number of hydrazone groups is 1. The molecule has 10 nitrogen and oxygen atoms in total. The van der Waals surface area contributed by atoms with Crippen LogP contribution in [0.25, 0.3) is 0 Å². The summed E-state index contributed by atoms with van der Waals surface area (Å²) in [6.45, 7) is 4.54. The van der Waals surface area contributed by atoms with Crippen LogP contribution in [0.4, 0.5) is 5.69 Å². The van der Waals surface area contributed by atoms with Crippen molar-refractivity contribution in [2.45, 2.75) is 18.7 Å². The van der Waals surface area contributed by atoms with E-state index in [2.05, 4.69) is 15.2 Å². The van der Waals surface area contributed by atoms with Gasteiger partial charge in [-0.25, -0.2) is 18.6 Å². The second kappa shape index (κ2) is 14.0. The Kier molecular flexibility index (Phi) is 9.90. The van der Waals surface area contributed by atoms with Crippen LogP contribution in [0.2, 0.25) is 0 Å². The van der Waals surface area contributed by atoms with Gasteiger partial charge in [0.15, 0.2) is 11.5 Å². The van der Waals surface area contributed by atoms with Crippen molar-refractivity contribution in [2.75, 3.05) is 17.9 Å². The summed E-state index contributed by atoms with van der Waals surface area (Å²) < 4.78 is 44.0. The first-order valence-corrected chi connectivity index (χ1v) is 14.5. The Labute approximate surface area is 244 Å². The van der Waals surface area contributed by atoms with E-state index in [1.165, 1.54) is 42.6 Å². The van der Waals surface area contributed by atoms with E-state index < -0.39 is 21.9 Å². The molecule has 0 bridgehead atoms. The summed E-state index contributed by atoms with van der Waals surface area (Å²) in [5, 5.41) is 3.99. The summed E-state index contributed by atoms with van der Waals surface area (Å²) in [4.78, 5) is 25.3. The van der Waals surface area contributed by atoms with Gasteiger partial charge in [-0.2, -0.15) is 5.10 Å². The van der Waals surface area contributed by atoms with Crippen LogP contribution < -0.4 is 24.4 Å². The molecule has 0 radical (unpaired) electrons. The molecule has 0 saturated carbocycles. The van der Waals surface area contributed by atoms with Gasteiger partial charge >= 0.3 is 5.97 Å². The normalized spacial score (nSPS) is 11.1. The lowest BCUT2D eigenvalue weighted by Crippen LogP contribution is -2.18. The molecule has 0 saturated heterocycles. The van der Waals surface area contributed by atoms with Gasteiger partial charge in [0, 0.05) is 11.3 Å². The summed E-state index contributed by atoms with van der Waals surface area (Å²) in [6.07, 6.45) is 1.42. The average Bonchev–Trinajstić information content (AvgIpc) is 2.99. The quantitative estimate of drug-likeness (QED) is 0.0999. The highest BCUT2D eigenvalue weighted by molar-refractivity contribution is 7.92. The first kappa shape index (κ1) is 29.8. The molecule has 0 aliphatic rings. The maximum Gasteiger partial charge on any atom is 0.343 e. The van der Waals surface area contributed by atoms with Crippen molar-refractivity contribution in [3.63, 3.8) is 0 Å². The fourth-order valence-corrected chi connectivity index (χ4v) is 4.78. The number of sulfonamides is 1. The van der Waals surface area contributed by atoms with Crippen molar-refractivity contribution in [1.82, 2.24) is 5.43 Å². The summed E-state index contributed by atoms with van der Waals surface area (Å²) in [7, 11) is -3.74. The maximum atomic E-state index is 12.6. The first-order valence-electron chi connectivity index (χ1n) is 13.0. The fraction of sp³-hybridized carbons (Fsp3) is 0.129. The molecule has 0 atom stereocenters. The van der Waals surface area contributed by atoms with Crippen LogP contribution in [0.3, 0.4) is 0 Å². The van der Waals surface area contributed by atoms with Crippen molar-refractivity contribution in [1.29, 1.82) is 0 Å². The van der Waals surface area contributed by atoms with Crippen LogP contribution >= 0.6 is 0 Å². The number of carbonyl (C=O) groups excluding carboxylic acids is 2. The number of rotatable bonds is 12. The minimum Gasteiger partial charge on any atom is -0.494 e. The van der Waals surface area contributed by atoms with E-state index in [-0.39, 0.29) is 16.2 Å². The number of amides is 1. The highest BCUT2D eigenvalue weighted by Crippen LogP contribution is 2.29. The SMILES string of the molecule is CCOc1ccc(C(=O)Oc2ccc(C=NNC(=O)c3ccc(NS(=O)(=O)c4ccccc4)cc3)cc2OCC)cc1. The molecule has 0 aliphatic carbocycles. The second-order valence-electron chi connectivity index (χ2n) is 8.68. The van der Waals surface area contributed by atoms with Gasteiger partial charge in [-0.05, 0) is 98.3 Å². The van der Waals surface area contributed by atoms with Crippen LogP contribution in [0.1, 0.15) is 40.1 Å². The third-order valence-corrected chi connectivity index (χ3v) is 7.10. The Bertz CT molecular complexity index is 1660. The highest BCUT2D eigenvalue weighted by atomic mass is 32.2. The van der Waals surface area contributed by atoms with Gasteiger partial charge in [-0.15, -0.1) is 0 Å². The first-order chi connectivity index (χ1) is 20.3. The number of anilines is 1. The third kappa shape index (κ3) is 7.95. The average molecular weight is 588 g/mol. The van der Waals surface area contributed by atoms with Gasteiger partial charge in [0.1, 0.15) is 5.75 Å². The van der Waals surface area contributed by atoms with E-state index in [9.17, 15) is 18.0 Å². The van der Waals surface area contributed by atoms with Crippen molar-refractivity contribution in [3.05, 3.63) is 114 Å². The second-order valence-corrected chi connectivity index (χ2v) is 10.4. The molecule has 4 aromatic carbocycles. The molecule has 0 unspecified atom stereocenters.